The van der Waals surface area contributed by atoms with Gasteiger partial charge in [0.25, 0.3) is 0 Å². The quantitative estimate of drug-likeness (QED) is 0.780. The van der Waals surface area contributed by atoms with Crippen LogP contribution in [-0.2, 0) is 4.74 Å². The number of nitrogens with one attached hydrogen (secondary N) is 1. The van der Waals surface area contributed by atoms with Crippen LogP contribution in [0.3, 0.4) is 0 Å². The molecule has 15 heavy (non-hydrogen) atoms. The van der Waals surface area contributed by atoms with Crippen LogP contribution in [0.5, 0.6) is 0 Å². The minimum absolute atomic E-state index is 0.249. The van der Waals surface area contributed by atoms with Crippen LogP contribution in [0, 0.1) is 5.92 Å². The largest absolute Gasteiger partial charge is 0.374 e. The van der Waals surface area contributed by atoms with Gasteiger partial charge in [-0.3, -0.25) is 0 Å². The van der Waals surface area contributed by atoms with Gasteiger partial charge in [0.15, 0.2) is 0 Å². The van der Waals surface area contributed by atoms with Gasteiger partial charge in [-0.15, -0.1) is 0 Å². The highest BCUT2D eigenvalue weighted by molar-refractivity contribution is 7.99. The van der Waals surface area contributed by atoms with E-state index in [1.165, 1.54) is 37.2 Å². The first-order chi connectivity index (χ1) is 7.27. The molecule has 3 heteroatoms. The highest BCUT2D eigenvalue weighted by Gasteiger charge is 2.42. The monoisotopic (exact) mass is 227 g/mol. The van der Waals surface area contributed by atoms with E-state index in [1.54, 1.807) is 0 Å². The Labute approximate surface area is 96.5 Å². The van der Waals surface area contributed by atoms with Gasteiger partial charge in [-0.1, -0.05) is 6.92 Å². The standard InChI is InChI=1S/C12H21NOS/c1-9-6-11(9)13-10-2-4-14-12(7-10)3-5-15-8-12/h9-11,13H,2-8H2,1H3. The molecular weight excluding hydrogens is 206 g/mol. The lowest BCUT2D eigenvalue weighted by Crippen LogP contribution is -2.48. The molecule has 4 atom stereocenters. The molecule has 1 spiro atoms. The van der Waals surface area contributed by atoms with Gasteiger partial charge in [-0.25, -0.2) is 0 Å². The molecule has 0 bridgehead atoms. The topological polar surface area (TPSA) is 21.3 Å². The molecule has 1 saturated carbocycles. The summed E-state index contributed by atoms with van der Waals surface area (Å²) in [7, 11) is 0. The van der Waals surface area contributed by atoms with Gasteiger partial charge < -0.3 is 10.1 Å². The van der Waals surface area contributed by atoms with Crippen LogP contribution in [-0.4, -0.2) is 35.8 Å². The van der Waals surface area contributed by atoms with Gasteiger partial charge in [0.05, 0.1) is 5.60 Å². The van der Waals surface area contributed by atoms with Gasteiger partial charge in [-0.2, -0.15) is 11.8 Å². The zero-order chi connectivity index (χ0) is 10.3. The van der Waals surface area contributed by atoms with Crippen molar-refractivity contribution >= 4 is 11.8 Å². The number of hydrogen-bond donors (Lipinski definition) is 1. The molecule has 1 aliphatic carbocycles. The molecule has 0 amide bonds. The minimum atomic E-state index is 0.249. The van der Waals surface area contributed by atoms with E-state index in [1.807, 2.05) is 0 Å². The molecule has 86 valence electrons. The third kappa shape index (κ3) is 2.20. The number of hydrogen-bond acceptors (Lipinski definition) is 3. The van der Waals surface area contributed by atoms with Crippen LogP contribution in [0.1, 0.15) is 32.6 Å². The minimum Gasteiger partial charge on any atom is -0.374 e. The van der Waals surface area contributed by atoms with E-state index in [0.717, 1.165) is 24.6 Å². The lowest BCUT2D eigenvalue weighted by molar-refractivity contribution is -0.0704. The summed E-state index contributed by atoms with van der Waals surface area (Å²) in [5.41, 5.74) is 0.249. The van der Waals surface area contributed by atoms with Gasteiger partial charge >= 0.3 is 0 Å². The second-order valence-corrected chi connectivity index (χ2v) is 6.62. The normalized spacial score (nSPS) is 49.8. The van der Waals surface area contributed by atoms with Crippen LogP contribution in [0.4, 0.5) is 0 Å². The highest BCUT2D eigenvalue weighted by Crippen LogP contribution is 2.39. The smallest absolute Gasteiger partial charge is 0.0795 e. The van der Waals surface area contributed by atoms with E-state index in [-0.39, 0.29) is 5.60 Å². The molecule has 0 radical (unpaired) electrons. The number of ether oxygens (including phenoxy) is 1. The Balaban J connectivity index is 1.56. The van der Waals surface area contributed by atoms with Gasteiger partial charge in [-0.05, 0) is 37.4 Å². The highest BCUT2D eigenvalue weighted by atomic mass is 32.2. The molecule has 0 aromatic carbocycles. The third-order valence-corrected chi connectivity index (χ3v) is 5.34. The van der Waals surface area contributed by atoms with Gasteiger partial charge in [0.2, 0.25) is 0 Å². The van der Waals surface area contributed by atoms with E-state index in [4.69, 9.17) is 4.74 Å². The van der Waals surface area contributed by atoms with Crippen LogP contribution in [0.2, 0.25) is 0 Å². The SMILES string of the molecule is CC1CC1NC1CCOC2(CCSC2)C1. The molecule has 2 heterocycles. The molecule has 1 N–H and O–H groups in total. The van der Waals surface area contributed by atoms with E-state index in [9.17, 15) is 0 Å². The second kappa shape index (κ2) is 3.94. The fourth-order valence-electron chi connectivity index (χ4n) is 2.89. The molecule has 4 unspecified atom stereocenters. The molecule has 3 aliphatic rings. The first kappa shape index (κ1) is 10.4. The fourth-order valence-corrected chi connectivity index (χ4v) is 4.27. The third-order valence-electron chi connectivity index (χ3n) is 4.12. The first-order valence-electron chi connectivity index (χ1n) is 6.25. The Bertz CT molecular complexity index is 240. The van der Waals surface area contributed by atoms with Crippen molar-refractivity contribution in [3.8, 4) is 0 Å². The second-order valence-electron chi connectivity index (χ2n) is 5.51. The predicted octanol–water partition coefficient (Wildman–Crippen LogP) is 2.04. The molecular formula is C12H21NOS. The molecule has 0 aromatic heterocycles. The van der Waals surface area contributed by atoms with Crippen molar-refractivity contribution < 1.29 is 4.74 Å². The predicted molar refractivity (Wildman–Crippen MR) is 64.4 cm³/mol. The number of rotatable bonds is 2. The van der Waals surface area contributed by atoms with Crippen molar-refractivity contribution in [2.24, 2.45) is 5.92 Å². The number of thioether (sulfide) groups is 1. The van der Waals surface area contributed by atoms with Crippen molar-refractivity contribution in [1.29, 1.82) is 0 Å². The maximum absolute atomic E-state index is 6.02. The van der Waals surface area contributed by atoms with Crippen molar-refractivity contribution in [3.05, 3.63) is 0 Å². The van der Waals surface area contributed by atoms with E-state index >= 15 is 0 Å². The Morgan fingerprint density at radius 3 is 3.00 bits per heavy atom. The summed E-state index contributed by atoms with van der Waals surface area (Å²) in [6.45, 7) is 3.32. The Morgan fingerprint density at radius 1 is 1.47 bits per heavy atom. The molecule has 2 saturated heterocycles. The molecule has 3 rings (SSSR count). The van der Waals surface area contributed by atoms with Gasteiger partial charge in [0.1, 0.15) is 0 Å². The maximum Gasteiger partial charge on any atom is 0.0795 e. The first-order valence-corrected chi connectivity index (χ1v) is 7.41. The summed E-state index contributed by atoms with van der Waals surface area (Å²) in [6.07, 6.45) is 5.13. The van der Waals surface area contributed by atoms with Crippen molar-refractivity contribution in [2.75, 3.05) is 18.1 Å². The summed E-state index contributed by atoms with van der Waals surface area (Å²) in [4.78, 5) is 0. The van der Waals surface area contributed by atoms with Crippen molar-refractivity contribution in [2.45, 2.75) is 50.3 Å². The Morgan fingerprint density at radius 2 is 2.33 bits per heavy atom. The average Bonchev–Trinajstić information content (AvgIpc) is 2.74. The summed E-state index contributed by atoms with van der Waals surface area (Å²) < 4.78 is 6.02. The average molecular weight is 227 g/mol. The van der Waals surface area contributed by atoms with Crippen molar-refractivity contribution in [1.82, 2.24) is 5.32 Å². The summed E-state index contributed by atoms with van der Waals surface area (Å²) >= 11 is 2.06. The van der Waals surface area contributed by atoms with E-state index < -0.39 is 0 Å². The zero-order valence-corrected chi connectivity index (χ0v) is 10.3. The summed E-state index contributed by atoms with van der Waals surface area (Å²) in [6, 6.07) is 1.55. The maximum atomic E-state index is 6.02. The lowest BCUT2D eigenvalue weighted by atomic mass is 9.90. The Kier molecular flexibility index (Phi) is 2.74. The molecule has 3 fully saturated rings. The van der Waals surface area contributed by atoms with Crippen LogP contribution in [0.25, 0.3) is 0 Å². The molecule has 2 nitrogen and oxygen atoms in total. The van der Waals surface area contributed by atoms with E-state index in [2.05, 4.69) is 24.0 Å². The fraction of sp³-hybridized carbons (Fsp3) is 1.00. The molecule has 0 aromatic rings. The zero-order valence-electron chi connectivity index (χ0n) is 9.50. The van der Waals surface area contributed by atoms with Crippen LogP contribution in [0.15, 0.2) is 0 Å². The van der Waals surface area contributed by atoms with Crippen LogP contribution < -0.4 is 5.32 Å². The van der Waals surface area contributed by atoms with E-state index in [0.29, 0.717) is 0 Å². The van der Waals surface area contributed by atoms with Crippen LogP contribution >= 0.6 is 11.8 Å². The summed E-state index contributed by atoms with van der Waals surface area (Å²) in [5, 5.41) is 3.80. The Hall–Kier alpha value is 0.270. The van der Waals surface area contributed by atoms with Crippen molar-refractivity contribution in [3.63, 3.8) is 0 Å². The summed E-state index contributed by atoms with van der Waals surface area (Å²) in [5.74, 6) is 3.44. The lowest BCUT2D eigenvalue weighted by Gasteiger charge is -2.38. The van der Waals surface area contributed by atoms with Gasteiger partial charge in [0, 0.05) is 24.4 Å². The molecule has 2 aliphatic heterocycles.